The second-order valence-corrected chi connectivity index (χ2v) is 8.49. The molecule has 31 heavy (non-hydrogen) atoms. The second-order valence-electron chi connectivity index (χ2n) is 8.08. The van der Waals surface area contributed by atoms with E-state index in [9.17, 15) is 9.18 Å². The number of rotatable bonds is 6. The Bertz CT molecular complexity index is 1160. The zero-order valence-electron chi connectivity index (χ0n) is 17.4. The van der Waals surface area contributed by atoms with Crippen molar-refractivity contribution in [2.45, 2.75) is 25.4 Å². The van der Waals surface area contributed by atoms with Crippen molar-refractivity contribution in [3.05, 3.63) is 53.1 Å². The molecule has 1 aliphatic rings. The van der Waals surface area contributed by atoms with E-state index >= 15 is 0 Å². The average molecular weight is 445 g/mol. The van der Waals surface area contributed by atoms with E-state index in [-0.39, 0.29) is 17.0 Å². The highest BCUT2D eigenvalue weighted by Crippen LogP contribution is 2.35. The van der Waals surface area contributed by atoms with Gasteiger partial charge in [0.2, 0.25) is 0 Å². The number of carbonyl (C=O) groups excluding carboxylic acids is 1. The number of primary amides is 1. The summed E-state index contributed by atoms with van der Waals surface area (Å²) >= 11 is 5.91. The van der Waals surface area contributed by atoms with Crippen LogP contribution in [0.25, 0.3) is 10.9 Å². The number of nitrogens with two attached hydrogens (primary N) is 1. The van der Waals surface area contributed by atoms with Crippen molar-refractivity contribution in [3.63, 3.8) is 0 Å². The number of methoxy groups -OCH3 is 1. The Kier molecular flexibility index (Phi) is 5.68. The zero-order valence-corrected chi connectivity index (χ0v) is 18.1. The SMILES string of the molecule is COc1cc2ncnc(Nc3ccc(F)c(Cl)c3)c2cc1C[N+]1(C)CCC[C@@H]1C(N)=O. The van der Waals surface area contributed by atoms with Crippen LogP contribution in [0.5, 0.6) is 5.75 Å². The number of hydrogen-bond acceptors (Lipinski definition) is 5. The number of hydrogen-bond donors (Lipinski definition) is 2. The molecule has 2 atom stereocenters. The second kappa shape index (κ2) is 8.28. The zero-order chi connectivity index (χ0) is 22.2. The van der Waals surface area contributed by atoms with E-state index in [0.29, 0.717) is 33.8 Å². The first-order valence-corrected chi connectivity index (χ1v) is 10.4. The molecule has 2 aromatic carbocycles. The summed E-state index contributed by atoms with van der Waals surface area (Å²) in [5.74, 6) is 0.487. The Morgan fingerprint density at radius 3 is 2.87 bits per heavy atom. The van der Waals surface area contributed by atoms with Gasteiger partial charge < -0.3 is 20.3 Å². The Hall–Kier alpha value is -2.97. The molecule has 0 saturated carbocycles. The van der Waals surface area contributed by atoms with Crippen LogP contribution in [0, 0.1) is 5.82 Å². The van der Waals surface area contributed by atoms with Gasteiger partial charge in [0.15, 0.2) is 6.04 Å². The van der Waals surface area contributed by atoms with Crippen molar-refractivity contribution in [2.24, 2.45) is 5.73 Å². The van der Waals surface area contributed by atoms with Crippen LogP contribution in [0.15, 0.2) is 36.7 Å². The minimum Gasteiger partial charge on any atom is -0.496 e. The van der Waals surface area contributed by atoms with Gasteiger partial charge in [-0.15, -0.1) is 0 Å². The summed E-state index contributed by atoms with van der Waals surface area (Å²) in [5.41, 5.74) is 7.90. The third-order valence-electron chi connectivity index (χ3n) is 5.98. The minimum absolute atomic E-state index is 0.0228. The van der Waals surface area contributed by atoms with Gasteiger partial charge in [0.05, 0.1) is 31.2 Å². The molecule has 162 valence electrons. The lowest BCUT2D eigenvalue weighted by Gasteiger charge is -2.35. The summed E-state index contributed by atoms with van der Waals surface area (Å²) < 4.78 is 19.7. The summed E-state index contributed by atoms with van der Waals surface area (Å²) in [6.45, 7) is 1.45. The Morgan fingerprint density at radius 2 is 2.16 bits per heavy atom. The number of carbonyl (C=O) groups is 1. The molecule has 4 rings (SSSR count). The molecule has 1 saturated heterocycles. The van der Waals surface area contributed by atoms with Gasteiger partial charge >= 0.3 is 0 Å². The molecular weight excluding hydrogens is 421 g/mol. The molecule has 2 heterocycles. The number of nitrogens with one attached hydrogen (secondary N) is 1. The highest BCUT2D eigenvalue weighted by atomic mass is 35.5. The number of halogens is 2. The molecule has 1 amide bonds. The van der Waals surface area contributed by atoms with Gasteiger partial charge in [-0.2, -0.15) is 0 Å². The van der Waals surface area contributed by atoms with E-state index in [4.69, 9.17) is 22.1 Å². The van der Waals surface area contributed by atoms with Crippen molar-refractivity contribution < 1.29 is 18.4 Å². The topological polar surface area (TPSA) is 90.1 Å². The van der Waals surface area contributed by atoms with Crippen LogP contribution in [-0.4, -0.2) is 47.1 Å². The van der Waals surface area contributed by atoms with Gasteiger partial charge in [-0.05, 0) is 24.3 Å². The molecule has 0 bridgehead atoms. The number of anilines is 2. The van der Waals surface area contributed by atoms with Gasteiger partial charge in [0, 0.05) is 35.5 Å². The summed E-state index contributed by atoms with van der Waals surface area (Å²) in [6.07, 6.45) is 3.18. The molecule has 1 fully saturated rings. The number of ether oxygens (including phenoxy) is 1. The molecule has 1 unspecified atom stereocenters. The van der Waals surface area contributed by atoms with E-state index in [0.717, 1.165) is 30.3 Å². The molecular formula is C22H24ClFN5O2+. The maximum atomic E-state index is 13.5. The van der Waals surface area contributed by atoms with Crippen molar-refractivity contribution in [1.29, 1.82) is 0 Å². The van der Waals surface area contributed by atoms with Gasteiger partial charge in [-0.3, -0.25) is 4.79 Å². The van der Waals surface area contributed by atoms with Crippen molar-refractivity contribution >= 4 is 39.9 Å². The standard InChI is InChI=1S/C22H23ClFN5O2/c1-29(7-3-4-19(29)21(25)30)11-13-8-15-18(10-20(13)31-2)26-12-27-22(15)28-14-5-6-17(24)16(23)9-14/h5-6,8-10,12,19H,3-4,7,11H2,1-2H3,(H2-,25,26,27,28,30)/p+1/t19-,29?/m1/s1. The first-order chi connectivity index (χ1) is 14.8. The Balaban J connectivity index is 1.75. The molecule has 1 aromatic heterocycles. The smallest absolute Gasteiger partial charge is 0.275 e. The van der Waals surface area contributed by atoms with E-state index in [1.807, 2.05) is 19.2 Å². The number of aromatic nitrogens is 2. The van der Waals surface area contributed by atoms with Crippen molar-refractivity contribution in [1.82, 2.24) is 9.97 Å². The third kappa shape index (κ3) is 4.13. The Morgan fingerprint density at radius 1 is 1.35 bits per heavy atom. The van der Waals surface area contributed by atoms with Crippen LogP contribution in [0.4, 0.5) is 15.9 Å². The fraction of sp³-hybridized carbons (Fsp3) is 0.318. The van der Waals surface area contributed by atoms with Gasteiger partial charge in [-0.25, -0.2) is 14.4 Å². The van der Waals surface area contributed by atoms with Crippen LogP contribution in [0.1, 0.15) is 18.4 Å². The molecule has 9 heteroatoms. The lowest BCUT2D eigenvalue weighted by molar-refractivity contribution is -0.925. The van der Waals surface area contributed by atoms with Crippen LogP contribution in [0.2, 0.25) is 5.02 Å². The summed E-state index contributed by atoms with van der Waals surface area (Å²) in [7, 11) is 3.66. The molecule has 0 spiro atoms. The molecule has 7 nitrogen and oxygen atoms in total. The number of likely N-dealkylation sites (tertiary alicyclic amines) is 1. The fourth-order valence-electron chi connectivity index (χ4n) is 4.39. The lowest BCUT2D eigenvalue weighted by atomic mass is 10.1. The van der Waals surface area contributed by atoms with E-state index in [1.54, 1.807) is 13.2 Å². The number of likely N-dealkylation sites (N-methyl/N-ethyl adjacent to an activating group) is 1. The van der Waals surface area contributed by atoms with Crippen molar-refractivity contribution in [3.8, 4) is 5.75 Å². The number of nitrogens with zero attached hydrogens (tertiary/aromatic N) is 3. The van der Waals surface area contributed by atoms with Crippen molar-refractivity contribution in [2.75, 3.05) is 26.0 Å². The average Bonchev–Trinajstić information content (AvgIpc) is 3.12. The quantitative estimate of drug-likeness (QED) is 0.565. The van der Waals surface area contributed by atoms with Crippen LogP contribution in [-0.2, 0) is 11.3 Å². The third-order valence-corrected chi connectivity index (χ3v) is 6.27. The first-order valence-electron chi connectivity index (χ1n) is 9.98. The number of fused-ring (bicyclic) bond motifs is 1. The normalized spacial score (nSPS) is 20.7. The highest BCUT2D eigenvalue weighted by Gasteiger charge is 2.42. The minimum atomic E-state index is -0.488. The molecule has 1 aliphatic heterocycles. The fourth-order valence-corrected chi connectivity index (χ4v) is 4.57. The molecule has 0 radical (unpaired) electrons. The largest absolute Gasteiger partial charge is 0.496 e. The van der Waals surface area contributed by atoms with Gasteiger partial charge in [-0.1, -0.05) is 11.6 Å². The summed E-state index contributed by atoms with van der Waals surface area (Å²) in [4.78, 5) is 20.7. The molecule has 0 aliphatic carbocycles. The monoisotopic (exact) mass is 444 g/mol. The maximum absolute atomic E-state index is 13.5. The van der Waals surface area contributed by atoms with Gasteiger partial charge in [0.25, 0.3) is 5.91 Å². The van der Waals surface area contributed by atoms with E-state index in [1.165, 1.54) is 18.5 Å². The van der Waals surface area contributed by atoms with Crippen LogP contribution < -0.4 is 15.8 Å². The number of quaternary nitrogens is 1. The predicted octanol–water partition coefficient (Wildman–Crippen LogP) is 3.77. The molecule has 3 N–H and O–H groups in total. The predicted molar refractivity (Wildman–Crippen MR) is 118 cm³/mol. The van der Waals surface area contributed by atoms with E-state index in [2.05, 4.69) is 15.3 Å². The first kappa shape index (κ1) is 21.3. The van der Waals surface area contributed by atoms with E-state index < -0.39 is 5.82 Å². The Labute approximate surface area is 184 Å². The summed E-state index contributed by atoms with van der Waals surface area (Å²) in [5, 5.41) is 3.99. The van der Waals surface area contributed by atoms with Gasteiger partial charge in [0.1, 0.15) is 30.3 Å². The molecule has 3 aromatic rings. The van der Waals surface area contributed by atoms with Crippen LogP contribution in [0.3, 0.4) is 0 Å². The van der Waals surface area contributed by atoms with Crippen LogP contribution >= 0.6 is 11.6 Å². The number of amides is 1. The summed E-state index contributed by atoms with van der Waals surface area (Å²) in [6, 6.07) is 7.99. The lowest BCUT2D eigenvalue weighted by Crippen LogP contribution is -2.53. The number of benzene rings is 2. The highest BCUT2D eigenvalue weighted by molar-refractivity contribution is 6.31. The maximum Gasteiger partial charge on any atom is 0.275 e.